The van der Waals surface area contributed by atoms with Gasteiger partial charge in [0, 0.05) is 18.7 Å². The van der Waals surface area contributed by atoms with Crippen LogP contribution < -0.4 is 4.74 Å². The first-order valence-corrected chi connectivity index (χ1v) is 12.7. The molecule has 1 saturated heterocycles. The number of ether oxygens (including phenoxy) is 2. The fraction of sp³-hybridized carbons (Fsp3) is 0.379. The molecule has 0 saturated carbocycles. The molecule has 1 aliphatic heterocycles. The first-order chi connectivity index (χ1) is 18.9. The molecule has 0 aliphatic carbocycles. The van der Waals surface area contributed by atoms with Crippen molar-refractivity contribution >= 4 is 0 Å². The molecule has 216 valence electrons. The molecule has 0 radical (unpaired) electrons. The van der Waals surface area contributed by atoms with E-state index in [9.17, 15) is 39.5 Å². The largest absolute Gasteiger partial charge is 0.432 e. The minimum absolute atomic E-state index is 0.0542. The lowest BCUT2D eigenvalue weighted by Gasteiger charge is -2.29. The van der Waals surface area contributed by atoms with Gasteiger partial charge in [0.05, 0.1) is 11.7 Å². The molecule has 1 fully saturated rings. The van der Waals surface area contributed by atoms with E-state index < -0.39 is 69.3 Å². The third-order valence-electron chi connectivity index (χ3n) is 6.84. The van der Waals surface area contributed by atoms with E-state index in [0.717, 1.165) is 37.8 Å². The van der Waals surface area contributed by atoms with Gasteiger partial charge in [-0.05, 0) is 73.4 Å². The number of hydrogen-bond donors (Lipinski definition) is 0. The summed E-state index contributed by atoms with van der Waals surface area (Å²) in [5.41, 5.74) is -3.23. The lowest BCUT2D eigenvalue weighted by Crippen LogP contribution is -2.26. The van der Waals surface area contributed by atoms with E-state index in [1.54, 1.807) is 0 Å². The Hall–Kier alpha value is -3.21. The number of halogens is 9. The zero-order valence-corrected chi connectivity index (χ0v) is 21.3. The lowest BCUT2D eigenvalue weighted by atomic mass is 9.92. The maximum Gasteiger partial charge on any atom is 0.432 e. The van der Waals surface area contributed by atoms with E-state index in [0.29, 0.717) is 18.9 Å². The van der Waals surface area contributed by atoms with Crippen molar-refractivity contribution in [3.8, 4) is 16.9 Å². The fourth-order valence-corrected chi connectivity index (χ4v) is 4.88. The summed E-state index contributed by atoms with van der Waals surface area (Å²) in [5, 5.41) is 0. The van der Waals surface area contributed by atoms with Crippen molar-refractivity contribution in [1.29, 1.82) is 0 Å². The second-order valence-electron chi connectivity index (χ2n) is 9.80. The molecule has 1 aliphatic rings. The van der Waals surface area contributed by atoms with E-state index in [1.165, 1.54) is 0 Å². The first kappa shape index (κ1) is 29.8. The quantitative estimate of drug-likeness (QED) is 0.187. The SMILES string of the molecule is CCCC1CCC(CCc2cc(F)c(-c3cc(F)c(C(F)(F)Oc4cc(F)c(F)c(F)c4)c(F)c3)c(F)c2)OC1. The molecule has 0 N–H and O–H groups in total. The Balaban J connectivity index is 1.52. The Labute approximate surface area is 224 Å². The highest BCUT2D eigenvalue weighted by Crippen LogP contribution is 2.39. The normalized spacial score (nSPS) is 17.8. The summed E-state index contributed by atoms with van der Waals surface area (Å²) < 4.78 is 138. The third-order valence-corrected chi connectivity index (χ3v) is 6.84. The number of hydrogen-bond acceptors (Lipinski definition) is 2. The molecule has 1 heterocycles. The number of alkyl halides is 2. The van der Waals surface area contributed by atoms with Gasteiger partial charge in [-0.2, -0.15) is 8.78 Å². The molecular weight excluding hydrogens is 551 g/mol. The molecule has 0 bridgehead atoms. The average Bonchev–Trinajstić information content (AvgIpc) is 2.86. The van der Waals surface area contributed by atoms with Gasteiger partial charge in [0.2, 0.25) is 0 Å². The summed E-state index contributed by atoms with van der Waals surface area (Å²) in [7, 11) is 0. The second kappa shape index (κ2) is 12.1. The van der Waals surface area contributed by atoms with Crippen LogP contribution in [0.15, 0.2) is 36.4 Å². The van der Waals surface area contributed by atoms with Crippen molar-refractivity contribution in [3.05, 3.63) is 88.2 Å². The summed E-state index contributed by atoms with van der Waals surface area (Å²) in [4.78, 5) is 0. The van der Waals surface area contributed by atoms with E-state index in [1.807, 2.05) is 0 Å². The van der Waals surface area contributed by atoms with Crippen LogP contribution in [0.25, 0.3) is 11.1 Å². The molecule has 4 rings (SSSR count). The van der Waals surface area contributed by atoms with Gasteiger partial charge < -0.3 is 9.47 Å². The van der Waals surface area contributed by atoms with Gasteiger partial charge in [0.15, 0.2) is 17.5 Å². The topological polar surface area (TPSA) is 18.5 Å². The Morgan fingerprint density at radius 2 is 1.38 bits per heavy atom. The smallest absolute Gasteiger partial charge is 0.429 e. The highest BCUT2D eigenvalue weighted by Gasteiger charge is 2.42. The lowest BCUT2D eigenvalue weighted by molar-refractivity contribution is -0.189. The van der Waals surface area contributed by atoms with Gasteiger partial charge in [-0.3, -0.25) is 0 Å². The van der Waals surface area contributed by atoms with Crippen molar-refractivity contribution in [1.82, 2.24) is 0 Å². The van der Waals surface area contributed by atoms with Gasteiger partial charge >= 0.3 is 6.11 Å². The predicted octanol–water partition coefficient (Wildman–Crippen LogP) is 8.98. The minimum atomic E-state index is -4.83. The highest BCUT2D eigenvalue weighted by atomic mass is 19.3. The van der Waals surface area contributed by atoms with Gasteiger partial charge in [0.1, 0.15) is 34.6 Å². The average molecular weight is 576 g/mol. The molecule has 2 atom stereocenters. The summed E-state index contributed by atoms with van der Waals surface area (Å²) in [6, 6.07) is 2.69. The van der Waals surface area contributed by atoms with Crippen molar-refractivity contribution in [2.75, 3.05) is 6.61 Å². The molecule has 11 heteroatoms. The second-order valence-corrected chi connectivity index (χ2v) is 9.80. The molecule has 40 heavy (non-hydrogen) atoms. The summed E-state index contributed by atoms with van der Waals surface area (Å²) >= 11 is 0. The molecular formula is C29H25F9O2. The van der Waals surface area contributed by atoms with Crippen LogP contribution >= 0.6 is 0 Å². The zero-order valence-electron chi connectivity index (χ0n) is 21.3. The van der Waals surface area contributed by atoms with Crippen molar-refractivity contribution in [2.45, 2.75) is 57.7 Å². The number of aryl methyl sites for hydroxylation is 1. The fourth-order valence-electron chi connectivity index (χ4n) is 4.88. The van der Waals surface area contributed by atoms with Crippen LogP contribution in [-0.4, -0.2) is 12.7 Å². The Kier molecular flexibility index (Phi) is 9.02. The van der Waals surface area contributed by atoms with Crippen molar-refractivity contribution in [2.24, 2.45) is 5.92 Å². The first-order valence-electron chi connectivity index (χ1n) is 12.7. The molecule has 3 aromatic carbocycles. The Morgan fingerprint density at radius 1 is 0.775 bits per heavy atom. The van der Waals surface area contributed by atoms with Gasteiger partial charge in [0.25, 0.3) is 0 Å². The standard InChI is InChI=1S/C29H25F9O2/c1-2-3-15-4-6-18(39-14-15)7-5-16-8-20(30)26(21(31)9-16)17-10-22(32)27(23(33)11-17)29(37,38)40-19-12-24(34)28(36)25(35)13-19/h8-13,15,18H,2-7,14H2,1H3. The van der Waals surface area contributed by atoms with Crippen LogP contribution in [0.5, 0.6) is 5.75 Å². The highest BCUT2D eigenvalue weighted by molar-refractivity contribution is 5.66. The third kappa shape index (κ3) is 6.56. The zero-order chi connectivity index (χ0) is 29.2. The molecule has 0 aromatic heterocycles. The van der Waals surface area contributed by atoms with Crippen LogP contribution in [0, 0.1) is 46.6 Å². The van der Waals surface area contributed by atoms with Gasteiger partial charge in [-0.25, -0.2) is 30.7 Å². The summed E-state index contributed by atoms with van der Waals surface area (Å²) in [5.74, 6) is -12.7. The van der Waals surface area contributed by atoms with E-state index in [-0.39, 0.29) is 42.4 Å². The Morgan fingerprint density at radius 3 is 1.90 bits per heavy atom. The van der Waals surface area contributed by atoms with E-state index in [4.69, 9.17) is 4.74 Å². The summed E-state index contributed by atoms with van der Waals surface area (Å²) in [6.45, 7) is 2.73. The summed E-state index contributed by atoms with van der Waals surface area (Å²) in [6.07, 6.45) is -0.101. The van der Waals surface area contributed by atoms with Crippen LogP contribution in [-0.2, 0) is 17.3 Å². The van der Waals surface area contributed by atoms with Crippen molar-refractivity contribution in [3.63, 3.8) is 0 Å². The minimum Gasteiger partial charge on any atom is -0.429 e. The maximum atomic E-state index is 14.9. The van der Waals surface area contributed by atoms with Gasteiger partial charge in [-0.15, -0.1) is 0 Å². The van der Waals surface area contributed by atoms with E-state index >= 15 is 0 Å². The molecule has 0 spiro atoms. The van der Waals surface area contributed by atoms with Crippen LogP contribution in [0.2, 0.25) is 0 Å². The van der Waals surface area contributed by atoms with Gasteiger partial charge in [-0.1, -0.05) is 13.3 Å². The predicted molar refractivity (Wildman–Crippen MR) is 128 cm³/mol. The van der Waals surface area contributed by atoms with Crippen molar-refractivity contribution < 1.29 is 49.0 Å². The number of benzene rings is 3. The maximum absolute atomic E-state index is 14.9. The molecule has 3 aromatic rings. The van der Waals surface area contributed by atoms with E-state index in [2.05, 4.69) is 11.7 Å². The molecule has 2 nitrogen and oxygen atoms in total. The molecule has 2 unspecified atom stereocenters. The number of rotatable bonds is 9. The monoisotopic (exact) mass is 576 g/mol. The van der Waals surface area contributed by atoms with Crippen LogP contribution in [0.4, 0.5) is 39.5 Å². The van der Waals surface area contributed by atoms with Crippen LogP contribution in [0.3, 0.4) is 0 Å². The molecule has 0 amide bonds. The van der Waals surface area contributed by atoms with Crippen LogP contribution in [0.1, 0.15) is 50.2 Å². The Bertz CT molecular complexity index is 1300.